The molecule has 13 nitrogen and oxygen atoms in total. The molecule has 8 N–H and O–H groups in total. The predicted molar refractivity (Wildman–Crippen MR) is 118 cm³/mol. The fraction of sp³-hybridized carbons (Fsp3) is 0.684. The number of aliphatic carboxylic acids is 3. The van der Waals surface area contributed by atoms with Crippen molar-refractivity contribution in [2.24, 2.45) is 11.7 Å². The molecule has 0 fully saturated rings. The number of carbonyl (C=O) groups excluding carboxylic acids is 3. The highest BCUT2D eigenvalue weighted by atomic mass is 32.1. The molecule has 0 saturated heterocycles. The quantitative estimate of drug-likeness (QED) is 0.117. The maximum absolute atomic E-state index is 12.8. The number of hydrogen-bond donors (Lipinski definition) is 8. The number of hydrogen-bond acceptors (Lipinski definition) is 8. The maximum Gasteiger partial charge on any atom is 0.327 e. The van der Waals surface area contributed by atoms with Crippen molar-refractivity contribution in [3.63, 3.8) is 0 Å². The van der Waals surface area contributed by atoms with Gasteiger partial charge in [0.25, 0.3) is 0 Å². The molecule has 0 saturated carbocycles. The lowest BCUT2D eigenvalue weighted by Crippen LogP contribution is -2.59. The van der Waals surface area contributed by atoms with E-state index in [0.717, 1.165) is 0 Å². The van der Waals surface area contributed by atoms with E-state index in [1.165, 1.54) is 0 Å². The number of amides is 3. The predicted octanol–water partition coefficient (Wildman–Crippen LogP) is -1.44. The summed E-state index contributed by atoms with van der Waals surface area (Å²) in [4.78, 5) is 70.6. The highest BCUT2D eigenvalue weighted by Crippen LogP contribution is 2.10. The first-order chi connectivity index (χ1) is 15.3. The van der Waals surface area contributed by atoms with Gasteiger partial charge in [-0.1, -0.05) is 20.3 Å². The minimum atomic E-state index is -1.37. The van der Waals surface area contributed by atoms with Crippen LogP contribution >= 0.6 is 12.6 Å². The summed E-state index contributed by atoms with van der Waals surface area (Å²) in [6.07, 6.45) is -0.950. The Hall–Kier alpha value is -2.87. The minimum absolute atomic E-state index is 0.187. The lowest BCUT2D eigenvalue weighted by molar-refractivity contribution is -0.142. The topological polar surface area (TPSA) is 225 Å². The van der Waals surface area contributed by atoms with Gasteiger partial charge in [-0.2, -0.15) is 12.6 Å². The summed E-state index contributed by atoms with van der Waals surface area (Å²) in [5.41, 5.74) is 5.64. The molecule has 5 atom stereocenters. The number of carbonyl (C=O) groups is 6. The molecule has 0 aromatic heterocycles. The van der Waals surface area contributed by atoms with Crippen LogP contribution in [0.25, 0.3) is 0 Å². The smallest absolute Gasteiger partial charge is 0.327 e. The van der Waals surface area contributed by atoms with Crippen molar-refractivity contribution < 1.29 is 44.1 Å². The van der Waals surface area contributed by atoms with Gasteiger partial charge in [-0.3, -0.25) is 24.0 Å². The molecule has 0 spiro atoms. The third-order valence-corrected chi connectivity index (χ3v) is 5.24. The summed E-state index contributed by atoms with van der Waals surface area (Å²) < 4.78 is 0. The van der Waals surface area contributed by atoms with Gasteiger partial charge in [0.05, 0.1) is 6.04 Å². The van der Waals surface area contributed by atoms with Crippen LogP contribution in [0.5, 0.6) is 0 Å². The first kappa shape index (κ1) is 30.1. The molecule has 0 bridgehead atoms. The standard InChI is InChI=1S/C19H32N4O9S/c1-3-9(2)15(18(30)22-12(8-33)19(31)32)23-17(29)11(5-7-14(26)27)21-16(28)10(20)4-6-13(24)25/h9-12,15,33H,3-8,20H2,1-2H3,(H,21,28)(H,22,30)(H,23,29)(H,24,25)(H,26,27)(H,31,32). The van der Waals surface area contributed by atoms with Crippen molar-refractivity contribution in [3.8, 4) is 0 Å². The number of thiol groups is 1. The SMILES string of the molecule is CCC(C)C(NC(=O)C(CCC(=O)O)NC(=O)C(N)CCC(=O)O)C(=O)NC(CS)C(=O)O. The van der Waals surface area contributed by atoms with Crippen LogP contribution < -0.4 is 21.7 Å². The number of carboxylic acid groups (broad SMARTS) is 3. The number of carboxylic acids is 3. The van der Waals surface area contributed by atoms with Gasteiger partial charge >= 0.3 is 17.9 Å². The average Bonchev–Trinajstić information content (AvgIpc) is 2.75. The van der Waals surface area contributed by atoms with E-state index in [2.05, 4.69) is 28.6 Å². The van der Waals surface area contributed by atoms with Crippen LogP contribution in [0.2, 0.25) is 0 Å². The largest absolute Gasteiger partial charge is 0.481 e. The Kier molecular flexibility index (Phi) is 13.7. The first-order valence-electron chi connectivity index (χ1n) is 10.3. The molecule has 0 heterocycles. The Morgan fingerprint density at radius 1 is 0.818 bits per heavy atom. The second-order valence-corrected chi connectivity index (χ2v) is 7.85. The Morgan fingerprint density at radius 3 is 1.79 bits per heavy atom. The van der Waals surface area contributed by atoms with Gasteiger partial charge in [-0.25, -0.2) is 4.79 Å². The van der Waals surface area contributed by atoms with Crippen LogP contribution in [0.15, 0.2) is 0 Å². The van der Waals surface area contributed by atoms with E-state index in [1.807, 2.05) is 0 Å². The second kappa shape index (κ2) is 15.1. The second-order valence-electron chi connectivity index (χ2n) is 7.49. The van der Waals surface area contributed by atoms with E-state index in [9.17, 15) is 28.8 Å². The van der Waals surface area contributed by atoms with Gasteiger partial charge in [0.15, 0.2) is 0 Å². The fourth-order valence-electron chi connectivity index (χ4n) is 2.63. The molecule has 188 valence electrons. The third kappa shape index (κ3) is 11.5. The van der Waals surface area contributed by atoms with Gasteiger partial charge in [-0.15, -0.1) is 0 Å². The normalized spacial score (nSPS) is 15.3. The zero-order chi connectivity index (χ0) is 25.7. The molecular weight excluding hydrogens is 460 g/mol. The van der Waals surface area contributed by atoms with Crippen molar-refractivity contribution in [1.82, 2.24) is 16.0 Å². The summed E-state index contributed by atoms with van der Waals surface area (Å²) >= 11 is 3.87. The summed E-state index contributed by atoms with van der Waals surface area (Å²) in [5.74, 6) is -6.82. The van der Waals surface area contributed by atoms with Crippen molar-refractivity contribution in [2.45, 2.75) is 70.1 Å². The molecule has 14 heteroatoms. The van der Waals surface area contributed by atoms with Crippen LogP contribution in [0.4, 0.5) is 0 Å². The number of nitrogens with two attached hydrogens (primary N) is 1. The van der Waals surface area contributed by atoms with Crippen LogP contribution in [0, 0.1) is 5.92 Å². The van der Waals surface area contributed by atoms with Crippen LogP contribution in [-0.4, -0.2) is 80.9 Å². The van der Waals surface area contributed by atoms with Crippen molar-refractivity contribution in [1.29, 1.82) is 0 Å². The van der Waals surface area contributed by atoms with Gasteiger partial charge in [0, 0.05) is 18.6 Å². The number of rotatable bonds is 16. The maximum atomic E-state index is 12.8. The summed E-state index contributed by atoms with van der Waals surface area (Å²) in [5, 5.41) is 33.8. The monoisotopic (exact) mass is 492 g/mol. The summed E-state index contributed by atoms with van der Waals surface area (Å²) in [7, 11) is 0. The van der Waals surface area contributed by atoms with Gasteiger partial charge in [0.1, 0.15) is 18.1 Å². The molecule has 33 heavy (non-hydrogen) atoms. The molecule has 0 aromatic rings. The van der Waals surface area contributed by atoms with Gasteiger partial charge in [-0.05, 0) is 18.8 Å². The van der Waals surface area contributed by atoms with E-state index in [-0.39, 0.29) is 25.0 Å². The molecule has 5 unspecified atom stereocenters. The first-order valence-corrected chi connectivity index (χ1v) is 10.9. The van der Waals surface area contributed by atoms with Crippen molar-refractivity contribution >= 4 is 48.3 Å². The zero-order valence-corrected chi connectivity index (χ0v) is 19.3. The van der Waals surface area contributed by atoms with Crippen LogP contribution in [-0.2, 0) is 28.8 Å². The highest BCUT2D eigenvalue weighted by Gasteiger charge is 2.32. The fourth-order valence-corrected chi connectivity index (χ4v) is 2.88. The van der Waals surface area contributed by atoms with Crippen molar-refractivity contribution in [3.05, 3.63) is 0 Å². The van der Waals surface area contributed by atoms with E-state index in [4.69, 9.17) is 21.1 Å². The third-order valence-electron chi connectivity index (χ3n) is 4.88. The minimum Gasteiger partial charge on any atom is -0.481 e. The zero-order valence-electron chi connectivity index (χ0n) is 18.4. The highest BCUT2D eigenvalue weighted by molar-refractivity contribution is 7.80. The molecule has 0 radical (unpaired) electrons. The molecule has 0 aromatic carbocycles. The molecule has 0 aliphatic rings. The summed E-state index contributed by atoms with van der Waals surface area (Å²) in [6.45, 7) is 3.39. The molecule has 0 rings (SSSR count). The van der Waals surface area contributed by atoms with E-state index < -0.39 is 72.1 Å². The van der Waals surface area contributed by atoms with Crippen LogP contribution in [0.1, 0.15) is 46.0 Å². The lowest BCUT2D eigenvalue weighted by atomic mass is 9.97. The summed E-state index contributed by atoms with van der Waals surface area (Å²) in [6, 6.07) is -5.08. The van der Waals surface area contributed by atoms with E-state index >= 15 is 0 Å². The van der Waals surface area contributed by atoms with Gasteiger partial charge in [0.2, 0.25) is 17.7 Å². The molecule has 0 aliphatic carbocycles. The van der Waals surface area contributed by atoms with E-state index in [1.54, 1.807) is 13.8 Å². The lowest BCUT2D eigenvalue weighted by Gasteiger charge is -2.27. The van der Waals surface area contributed by atoms with Crippen molar-refractivity contribution in [2.75, 3.05) is 5.75 Å². The van der Waals surface area contributed by atoms with E-state index in [0.29, 0.717) is 6.42 Å². The number of nitrogens with one attached hydrogen (secondary N) is 3. The average molecular weight is 493 g/mol. The Bertz CT molecular complexity index is 734. The molecule has 3 amide bonds. The van der Waals surface area contributed by atoms with Crippen LogP contribution in [0.3, 0.4) is 0 Å². The Morgan fingerprint density at radius 2 is 1.33 bits per heavy atom. The molecular formula is C19H32N4O9S. The Balaban J connectivity index is 5.51. The molecule has 0 aliphatic heterocycles. The van der Waals surface area contributed by atoms with Gasteiger partial charge < -0.3 is 37.0 Å². The Labute approximate surface area is 196 Å².